The van der Waals surface area contributed by atoms with Crippen LogP contribution in [0.15, 0.2) is 36.4 Å². The summed E-state index contributed by atoms with van der Waals surface area (Å²) in [7, 11) is 0. The molecule has 3 rings (SSSR count). The van der Waals surface area contributed by atoms with Crippen LogP contribution in [0.3, 0.4) is 0 Å². The van der Waals surface area contributed by atoms with Crippen molar-refractivity contribution in [3.05, 3.63) is 58.7 Å². The van der Waals surface area contributed by atoms with Crippen LogP contribution in [0.1, 0.15) is 28.3 Å². The van der Waals surface area contributed by atoms with E-state index in [2.05, 4.69) is 36.5 Å². The molecule has 0 bridgehead atoms. The highest BCUT2D eigenvalue weighted by Crippen LogP contribution is 2.36. The van der Waals surface area contributed by atoms with E-state index in [9.17, 15) is 23.4 Å². The van der Waals surface area contributed by atoms with Crippen molar-refractivity contribution in [1.82, 2.24) is 5.32 Å². The molecule has 8 heteroatoms. The molecule has 2 aromatic carbocycles. The number of alkyl halides is 3. The summed E-state index contributed by atoms with van der Waals surface area (Å²) in [5, 5.41) is 29.9. The Labute approximate surface area is 147 Å². The molecule has 0 aromatic heterocycles. The summed E-state index contributed by atoms with van der Waals surface area (Å²) >= 11 is 0. The number of hydrogen-bond acceptors (Lipinski definition) is 4. The number of rotatable bonds is 1. The molecule has 0 fully saturated rings. The quantitative estimate of drug-likeness (QED) is 0.580. The van der Waals surface area contributed by atoms with Gasteiger partial charge in [0.05, 0.1) is 6.04 Å². The number of fused-ring (bicyclic) bond motifs is 1. The van der Waals surface area contributed by atoms with Gasteiger partial charge >= 0.3 is 12.1 Å². The highest BCUT2D eigenvalue weighted by Gasteiger charge is 2.38. The average Bonchev–Trinajstić information content (AvgIpc) is 2.56. The molecule has 1 atom stereocenters. The lowest BCUT2D eigenvalue weighted by molar-refractivity contribution is -0.192. The van der Waals surface area contributed by atoms with E-state index in [4.69, 9.17) is 9.90 Å². The third kappa shape index (κ3) is 4.66. The summed E-state index contributed by atoms with van der Waals surface area (Å²) in [6.45, 7) is 2.94. The monoisotopic (exact) mass is 369 g/mol. The van der Waals surface area contributed by atoms with Crippen molar-refractivity contribution >= 4 is 5.97 Å². The van der Waals surface area contributed by atoms with Crippen molar-refractivity contribution in [2.75, 3.05) is 6.54 Å². The number of halogens is 3. The number of carboxylic acid groups (broad SMARTS) is 1. The van der Waals surface area contributed by atoms with E-state index in [-0.39, 0.29) is 17.5 Å². The Morgan fingerprint density at radius 3 is 2.19 bits per heavy atom. The Balaban J connectivity index is 0.000000298. The summed E-state index contributed by atoms with van der Waals surface area (Å²) in [6.07, 6.45) is -4.22. The predicted octanol–water partition coefficient (Wildman–Crippen LogP) is 3.27. The minimum atomic E-state index is -5.08. The lowest BCUT2D eigenvalue weighted by Gasteiger charge is -2.28. The summed E-state index contributed by atoms with van der Waals surface area (Å²) in [5.74, 6) is -2.85. The molecular weight excluding hydrogens is 351 g/mol. The van der Waals surface area contributed by atoms with Gasteiger partial charge in [0.25, 0.3) is 0 Å². The van der Waals surface area contributed by atoms with Crippen LogP contribution in [-0.2, 0) is 11.2 Å². The third-order valence-electron chi connectivity index (χ3n) is 3.94. The largest absolute Gasteiger partial charge is 0.504 e. The van der Waals surface area contributed by atoms with Crippen LogP contribution >= 0.6 is 0 Å². The highest BCUT2D eigenvalue weighted by atomic mass is 19.4. The Bertz CT molecular complexity index is 788. The van der Waals surface area contributed by atoms with Crippen LogP contribution < -0.4 is 5.32 Å². The molecule has 4 N–H and O–H groups in total. The lowest BCUT2D eigenvalue weighted by Crippen LogP contribution is -2.30. The van der Waals surface area contributed by atoms with Gasteiger partial charge in [-0.25, -0.2) is 4.79 Å². The molecule has 140 valence electrons. The van der Waals surface area contributed by atoms with Crippen molar-refractivity contribution < 1.29 is 33.3 Å². The van der Waals surface area contributed by atoms with E-state index in [1.54, 1.807) is 12.1 Å². The van der Waals surface area contributed by atoms with Gasteiger partial charge in [0.15, 0.2) is 11.5 Å². The second-order valence-electron chi connectivity index (χ2n) is 5.89. The molecule has 0 saturated heterocycles. The lowest BCUT2D eigenvalue weighted by atomic mass is 9.89. The first-order valence-electron chi connectivity index (χ1n) is 7.74. The minimum absolute atomic E-state index is 0.0386. The van der Waals surface area contributed by atoms with Gasteiger partial charge in [0.2, 0.25) is 0 Å². The number of carbonyl (C=O) groups is 1. The highest BCUT2D eigenvalue weighted by molar-refractivity contribution is 5.73. The molecule has 0 spiro atoms. The van der Waals surface area contributed by atoms with Crippen LogP contribution in [-0.4, -0.2) is 34.0 Å². The second-order valence-corrected chi connectivity index (χ2v) is 5.89. The van der Waals surface area contributed by atoms with Crippen LogP contribution in [0.4, 0.5) is 13.2 Å². The van der Waals surface area contributed by atoms with Gasteiger partial charge in [-0.1, -0.05) is 29.8 Å². The number of aromatic hydroxyl groups is 2. The summed E-state index contributed by atoms with van der Waals surface area (Å²) in [4.78, 5) is 8.90. The van der Waals surface area contributed by atoms with Crippen molar-refractivity contribution in [3.63, 3.8) is 0 Å². The number of aryl methyl sites for hydroxylation is 1. The van der Waals surface area contributed by atoms with Crippen molar-refractivity contribution in [2.24, 2.45) is 0 Å². The zero-order valence-electron chi connectivity index (χ0n) is 13.8. The Morgan fingerprint density at radius 2 is 1.65 bits per heavy atom. The predicted molar refractivity (Wildman–Crippen MR) is 88.2 cm³/mol. The number of nitrogens with one attached hydrogen (secondary N) is 1. The van der Waals surface area contributed by atoms with Gasteiger partial charge in [0, 0.05) is 6.54 Å². The van der Waals surface area contributed by atoms with Crippen molar-refractivity contribution in [1.29, 1.82) is 0 Å². The van der Waals surface area contributed by atoms with Gasteiger partial charge in [-0.05, 0) is 42.2 Å². The molecule has 1 unspecified atom stereocenters. The molecule has 0 saturated carbocycles. The fourth-order valence-electron chi connectivity index (χ4n) is 2.64. The smallest absolute Gasteiger partial charge is 0.490 e. The van der Waals surface area contributed by atoms with E-state index in [0.29, 0.717) is 0 Å². The molecule has 1 aliphatic rings. The Kier molecular flexibility index (Phi) is 5.76. The number of aliphatic carboxylic acids is 1. The first kappa shape index (κ1) is 19.6. The fraction of sp³-hybridized carbons (Fsp3) is 0.278. The Morgan fingerprint density at radius 1 is 1.12 bits per heavy atom. The van der Waals surface area contributed by atoms with Crippen LogP contribution in [0.5, 0.6) is 11.5 Å². The molecule has 0 amide bonds. The van der Waals surface area contributed by atoms with E-state index < -0.39 is 12.1 Å². The normalized spacial score (nSPS) is 16.2. The first-order valence-corrected chi connectivity index (χ1v) is 7.74. The second kappa shape index (κ2) is 7.65. The number of phenols is 2. The minimum Gasteiger partial charge on any atom is -0.504 e. The maximum atomic E-state index is 10.6. The zero-order valence-corrected chi connectivity index (χ0v) is 13.8. The standard InChI is InChI=1S/C16H17NO2.C2HF3O2/c1-10-2-4-11(5-3-10)16-13-9-15(19)14(18)8-12(13)6-7-17-16;3-2(4,5)1(6)7/h2-5,8-9,16-19H,6-7H2,1H3;(H,6,7). The molecule has 5 nitrogen and oxygen atoms in total. The molecule has 26 heavy (non-hydrogen) atoms. The molecular formula is C18H18F3NO4. The van der Waals surface area contributed by atoms with Crippen LogP contribution in [0.2, 0.25) is 0 Å². The third-order valence-corrected chi connectivity index (χ3v) is 3.94. The number of benzene rings is 2. The summed E-state index contributed by atoms with van der Waals surface area (Å²) in [6, 6.07) is 11.8. The van der Waals surface area contributed by atoms with Gasteiger partial charge in [-0.3, -0.25) is 0 Å². The van der Waals surface area contributed by atoms with E-state index in [1.165, 1.54) is 11.1 Å². The first-order chi connectivity index (χ1) is 12.1. The van der Waals surface area contributed by atoms with Crippen LogP contribution in [0, 0.1) is 6.92 Å². The van der Waals surface area contributed by atoms with Gasteiger partial charge in [-0.2, -0.15) is 13.2 Å². The molecule has 0 radical (unpaired) electrons. The Hall–Kier alpha value is -2.74. The van der Waals surface area contributed by atoms with Gasteiger partial charge < -0.3 is 20.6 Å². The van der Waals surface area contributed by atoms with E-state index in [0.717, 1.165) is 24.1 Å². The number of phenolic OH excluding ortho intramolecular Hbond substituents is 2. The maximum Gasteiger partial charge on any atom is 0.490 e. The maximum absolute atomic E-state index is 10.6. The van der Waals surface area contributed by atoms with Crippen molar-refractivity contribution in [3.8, 4) is 11.5 Å². The number of hydrogen-bond donors (Lipinski definition) is 4. The molecule has 1 heterocycles. The summed E-state index contributed by atoms with van der Waals surface area (Å²) in [5.41, 5.74) is 4.55. The summed E-state index contributed by atoms with van der Waals surface area (Å²) < 4.78 is 31.7. The molecule has 2 aromatic rings. The van der Waals surface area contributed by atoms with Crippen molar-refractivity contribution in [2.45, 2.75) is 25.6 Å². The molecule has 0 aliphatic carbocycles. The average molecular weight is 369 g/mol. The van der Waals surface area contributed by atoms with Crippen LogP contribution in [0.25, 0.3) is 0 Å². The zero-order chi connectivity index (χ0) is 19.5. The topological polar surface area (TPSA) is 89.8 Å². The number of carboxylic acids is 1. The fourth-order valence-corrected chi connectivity index (χ4v) is 2.64. The SMILES string of the molecule is Cc1ccc(C2NCCc3cc(O)c(O)cc32)cc1.O=C(O)C(F)(F)F. The van der Waals surface area contributed by atoms with E-state index >= 15 is 0 Å². The van der Waals surface area contributed by atoms with E-state index in [1.807, 2.05) is 0 Å². The molecule has 1 aliphatic heterocycles. The van der Waals surface area contributed by atoms with Gasteiger partial charge in [0.1, 0.15) is 0 Å². The van der Waals surface area contributed by atoms with Gasteiger partial charge in [-0.15, -0.1) is 0 Å².